The predicted octanol–water partition coefficient (Wildman–Crippen LogP) is 1.73. The van der Waals surface area contributed by atoms with Gasteiger partial charge in [-0.25, -0.2) is 4.98 Å². The summed E-state index contributed by atoms with van der Waals surface area (Å²) < 4.78 is 1.48. The molecule has 1 fully saturated rings. The summed E-state index contributed by atoms with van der Waals surface area (Å²) in [6.45, 7) is 9.07. The van der Waals surface area contributed by atoms with Crippen LogP contribution in [0.5, 0.6) is 0 Å². The van der Waals surface area contributed by atoms with Gasteiger partial charge in [-0.15, -0.1) is 11.3 Å². The van der Waals surface area contributed by atoms with Crippen molar-refractivity contribution in [2.45, 2.75) is 20.4 Å². The number of hydrogen-bond donors (Lipinski definition) is 0. The monoisotopic (exact) mass is 349 g/mol. The molecule has 1 aliphatic rings. The first kappa shape index (κ1) is 15.2. The first-order valence-corrected chi connectivity index (χ1v) is 9.35. The highest BCUT2D eigenvalue weighted by atomic mass is 32.1. The van der Waals surface area contributed by atoms with Crippen molar-refractivity contribution in [3.63, 3.8) is 0 Å². The zero-order valence-corrected chi connectivity index (χ0v) is 15.1. The van der Waals surface area contributed by atoms with Crippen molar-refractivity contribution in [1.82, 2.24) is 24.4 Å². The largest absolute Gasteiger partial charge is 0.304 e. The van der Waals surface area contributed by atoms with Crippen LogP contribution in [0.2, 0.25) is 0 Å². The van der Waals surface area contributed by atoms with Crippen molar-refractivity contribution < 1.29 is 0 Å². The summed E-state index contributed by atoms with van der Waals surface area (Å²) in [5.41, 5.74) is 0.998. The molecule has 4 heterocycles. The van der Waals surface area contributed by atoms with Crippen molar-refractivity contribution in [3.05, 3.63) is 25.8 Å². The van der Waals surface area contributed by atoms with Crippen molar-refractivity contribution >= 4 is 37.9 Å². The second-order valence-corrected chi connectivity index (χ2v) is 8.39. The normalized spacial score (nSPS) is 17.5. The summed E-state index contributed by atoms with van der Waals surface area (Å²) >= 11 is 3.12. The van der Waals surface area contributed by atoms with Crippen LogP contribution in [0.3, 0.4) is 0 Å². The minimum Gasteiger partial charge on any atom is -0.304 e. The summed E-state index contributed by atoms with van der Waals surface area (Å²) in [5, 5.41) is 6.22. The minimum atomic E-state index is -0.0345. The van der Waals surface area contributed by atoms with Crippen LogP contribution in [-0.2, 0) is 6.54 Å². The standard InChI is InChI=1S/C15H19N5OS2/c1-9-10(2)22-13-12(9)14(21)20-15(16-13)23-11(17-20)8-19-6-4-18(3)5-7-19/h4-8H2,1-3H3. The molecule has 0 aliphatic carbocycles. The number of fused-ring (bicyclic) bond motifs is 2. The number of aromatic nitrogens is 3. The lowest BCUT2D eigenvalue weighted by atomic mass is 10.2. The van der Waals surface area contributed by atoms with Crippen LogP contribution in [-0.4, -0.2) is 57.6 Å². The number of piperazine rings is 1. The molecule has 1 aliphatic heterocycles. The fraction of sp³-hybridized carbons (Fsp3) is 0.533. The number of nitrogens with zero attached hydrogens (tertiary/aromatic N) is 5. The molecule has 0 bridgehead atoms. The third-order valence-electron chi connectivity index (χ3n) is 4.53. The third-order valence-corrected chi connectivity index (χ3v) is 6.52. The van der Waals surface area contributed by atoms with E-state index in [1.54, 1.807) is 11.3 Å². The van der Waals surface area contributed by atoms with Crippen LogP contribution in [0.15, 0.2) is 4.79 Å². The minimum absolute atomic E-state index is 0.0345. The van der Waals surface area contributed by atoms with E-state index < -0.39 is 0 Å². The quantitative estimate of drug-likeness (QED) is 0.705. The van der Waals surface area contributed by atoms with E-state index in [0.29, 0.717) is 4.96 Å². The molecule has 122 valence electrons. The summed E-state index contributed by atoms with van der Waals surface area (Å²) in [6, 6.07) is 0. The molecular formula is C15H19N5OS2. The molecule has 0 N–H and O–H groups in total. The highest BCUT2D eigenvalue weighted by Crippen LogP contribution is 2.27. The lowest BCUT2D eigenvalue weighted by molar-refractivity contribution is 0.148. The van der Waals surface area contributed by atoms with Gasteiger partial charge in [0.1, 0.15) is 9.84 Å². The molecule has 0 atom stereocenters. The molecule has 8 heteroatoms. The highest BCUT2D eigenvalue weighted by molar-refractivity contribution is 7.19. The number of aryl methyl sites for hydroxylation is 2. The Morgan fingerprint density at radius 3 is 2.61 bits per heavy atom. The topological polar surface area (TPSA) is 53.7 Å². The number of rotatable bonds is 2. The fourth-order valence-electron chi connectivity index (χ4n) is 2.92. The van der Waals surface area contributed by atoms with Crippen LogP contribution >= 0.6 is 22.7 Å². The van der Waals surface area contributed by atoms with Gasteiger partial charge in [0, 0.05) is 31.1 Å². The van der Waals surface area contributed by atoms with Gasteiger partial charge in [0.25, 0.3) is 5.56 Å². The molecule has 0 spiro atoms. The van der Waals surface area contributed by atoms with Gasteiger partial charge in [0.05, 0.1) is 11.9 Å². The first-order valence-electron chi connectivity index (χ1n) is 7.72. The molecule has 3 aromatic heterocycles. The van der Waals surface area contributed by atoms with E-state index in [0.717, 1.165) is 58.4 Å². The second kappa shape index (κ2) is 5.62. The van der Waals surface area contributed by atoms with Crippen molar-refractivity contribution in [2.24, 2.45) is 0 Å². The average molecular weight is 349 g/mol. The van der Waals surface area contributed by atoms with E-state index in [1.807, 2.05) is 13.8 Å². The van der Waals surface area contributed by atoms with Crippen molar-refractivity contribution in [2.75, 3.05) is 33.2 Å². The van der Waals surface area contributed by atoms with Crippen molar-refractivity contribution in [1.29, 1.82) is 0 Å². The third kappa shape index (κ3) is 2.59. The van der Waals surface area contributed by atoms with Gasteiger partial charge in [-0.05, 0) is 26.5 Å². The Bertz CT molecular complexity index is 933. The van der Waals surface area contributed by atoms with Crippen LogP contribution in [0.1, 0.15) is 15.4 Å². The van der Waals surface area contributed by atoms with E-state index in [4.69, 9.17) is 0 Å². The maximum atomic E-state index is 12.7. The molecule has 0 amide bonds. The molecule has 0 radical (unpaired) electrons. The SMILES string of the molecule is Cc1sc2nc3sc(CN4CCN(C)CC4)nn3c(=O)c2c1C. The summed E-state index contributed by atoms with van der Waals surface area (Å²) in [5.74, 6) is 0. The van der Waals surface area contributed by atoms with Gasteiger partial charge in [0.15, 0.2) is 0 Å². The van der Waals surface area contributed by atoms with E-state index in [9.17, 15) is 4.79 Å². The molecular weight excluding hydrogens is 330 g/mol. The van der Waals surface area contributed by atoms with Crippen molar-refractivity contribution in [3.8, 4) is 0 Å². The van der Waals surface area contributed by atoms with Crippen LogP contribution in [0.4, 0.5) is 0 Å². The zero-order valence-electron chi connectivity index (χ0n) is 13.5. The summed E-state index contributed by atoms with van der Waals surface area (Å²) in [6.07, 6.45) is 0. The predicted molar refractivity (Wildman–Crippen MR) is 94.8 cm³/mol. The molecule has 6 nitrogen and oxygen atoms in total. The Kier molecular flexibility index (Phi) is 3.72. The van der Waals surface area contributed by atoms with E-state index in [-0.39, 0.29) is 5.56 Å². The van der Waals surface area contributed by atoms with Gasteiger partial charge in [-0.1, -0.05) is 11.3 Å². The van der Waals surface area contributed by atoms with Gasteiger partial charge in [-0.2, -0.15) is 9.61 Å². The number of likely N-dealkylation sites (N-methyl/N-ethyl adjacent to an activating group) is 1. The van der Waals surface area contributed by atoms with E-state index >= 15 is 0 Å². The van der Waals surface area contributed by atoms with Gasteiger partial charge in [0.2, 0.25) is 4.96 Å². The molecule has 4 rings (SSSR count). The Morgan fingerprint density at radius 2 is 1.87 bits per heavy atom. The maximum Gasteiger partial charge on any atom is 0.284 e. The molecule has 3 aromatic rings. The van der Waals surface area contributed by atoms with Gasteiger partial charge in [-0.3, -0.25) is 9.69 Å². The Hall–Kier alpha value is -1.35. The van der Waals surface area contributed by atoms with E-state index in [1.165, 1.54) is 15.9 Å². The molecule has 23 heavy (non-hydrogen) atoms. The van der Waals surface area contributed by atoms with Gasteiger partial charge < -0.3 is 4.90 Å². The van der Waals surface area contributed by atoms with Crippen LogP contribution in [0, 0.1) is 13.8 Å². The molecule has 1 saturated heterocycles. The maximum absolute atomic E-state index is 12.7. The van der Waals surface area contributed by atoms with Crippen LogP contribution < -0.4 is 5.56 Å². The number of hydrogen-bond acceptors (Lipinski definition) is 7. The number of thiophene rings is 1. The molecule has 0 saturated carbocycles. The summed E-state index contributed by atoms with van der Waals surface area (Å²) in [7, 11) is 2.15. The fourth-order valence-corrected chi connectivity index (χ4v) is 4.92. The lowest BCUT2D eigenvalue weighted by Crippen LogP contribution is -2.43. The lowest BCUT2D eigenvalue weighted by Gasteiger charge is -2.31. The molecule has 0 aromatic carbocycles. The molecule has 0 unspecified atom stereocenters. The second-order valence-electron chi connectivity index (χ2n) is 6.15. The Labute approximate surface area is 142 Å². The Morgan fingerprint density at radius 1 is 1.13 bits per heavy atom. The van der Waals surface area contributed by atoms with Gasteiger partial charge >= 0.3 is 0 Å². The van der Waals surface area contributed by atoms with E-state index in [2.05, 4.69) is 26.9 Å². The van der Waals surface area contributed by atoms with Crippen LogP contribution in [0.25, 0.3) is 15.2 Å². The zero-order chi connectivity index (χ0) is 16.1. The highest BCUT2D eigenvalue weighted by Gasteiger charge is 2.19. The smallest absolute Gasteiger partial charge is 0.284 e. The Balaban J connectivity index is 1.72. The average Bonchev–Trinajstić information content (AvgIpc) is 3.04. The first-order chi connectivity index (χ1) is 11.0. The summed E-state index contributed by atoms with van der Waals surface area (Å²) in [4.78, 5) is 24.8.